The van der Waals surface area contributed by atoms with Gasteiger partial charge < -0.3 is 5.73 Å². The highest BCUT2D eigenvalue weighted by molar-refractivity contribution is 5.98. The van der Waals surface area contributed by atoms with E-state index in [4.69, 9.17) is 5.73 Å². The summed E-state index contributed by atoms with van der Waals surface area (Å²) in [6.07, 6.45) is 3.03. The maximum atomic E-state index is 12.0. The van der Waals surface area contributed by atoms with Crippen LogP contribution < -0.4 is 5.73 Å². The largest absolute Gasteiger partial charge is 0.327 e. The minimum atomic E-state index is 0.0531. The number of Topliss-reactive ketones (excluding diaryl/α,β-unsaturated/α-hetero) is 1. The Hall–Kier alpha value is -1.15. The molecule has 2 nitrogen and oxygen atoms in total. The lowest BCUT2D eigenvalue weighted by atomic mass is 9.94. The summed E-state index contributed by atoms with van der Waals surface area (Å²) in [5, 5.41) is 0. The van der Waals surface area contributed by atoms with Gasteiger partial charge in [0, 0.05) is 17.5 Å². The van der Waals surface area contributed by atoms with Gasteiger partial charge in [0.1, 0.15) is 0 Å². The van der Waals surface area contributed by atoms with Gasteiger partial charge in [-0.1, -0.05) is 36.8 Å². The van der Waals surface area contributed by atoms with Gasteiger partial charge in [0.2, 0.25) is 0 Å². The Labute approximate surface area is 84.1 Å². The molecule has 0 aliphatic heterocycles. The third kappa shape index (κ3) is 1.70. The van der Waals surface area contributed by atoms with Crippen LogP contribution in [0.15, 0.2) is 30.3 Å². The van der Waals surface area contributed by atoms with Crippen molar-refractivity contribution in [2.75, 3.05) is 0 Å². The van der Waals surface area contributed by atoms with E-state index in [1.807, 2.05) is 30.3 Å². The molecule has 74 valence electrons. The topological polar surface area (TPSA) is 43.1 Å². The second-order valence-corrected chi connectivity index (χ2v) is 3.93. The molecule has 0 bridgehead atoms. The molecule has 2 unspecified atom stereocenters. The first-order chi connectivity index (χ1) is 6.79. The fourth-order valence-corrected chi connectivity index (χ4v) is 2.13. The molecule has 0 radical (unpaired) electrons. The van der Waals surface area contributed by atoms with Gasteiger partial charge in [0.05, 0.1) is 0 Å². The molecule has 14 heavy (non-hydrogen) atoms. The summed E-state index contributed by atoms with van der Waals surface area (Å²) in [4.78, 5) is 12.0. The molecule has 1 saturated carbocycles. The van der Waals surface area contributed by atoms with Crippen LogP contribution in [-0.2, 0) is 0 Å². The first-order valence-corrected chi connectivity index (χ1v) is 5.14. The molecule has 2 N–H and O–H groups in total. The smallest absolute Gasteiger partial charge is 0.167 e. The predicted octanol–water partition coefficient (Wildman–Crippen LogP) is 2.00. The molecule has 1 aliphatic rings. The maximum Gasteiger partial charge on any atom is 0.167 e. The minimum absolute atomic E-state index is 0.0531. The molecule has 0 aromatic heterocycles. The molecule has 1 aromatic carbocycles. The van der Waals surface area contributed by atoms with E-state index in [0.717, 1.165) is 24.8 Å². The molecular formula is C12H15NO. The monoisotopic (exact) mass is 189 g/mol. The molecule has 2 atom stereocenters. The van der Waals surface area contributed by atoms with Crippen LogP contribution in [0.3, 0.4) is 0 Å². The third-order valence-electron chi connectivity index (χ3n) is 2.96. The molecule has 2 heteroatoms. The van der Waals surface area contributed by atoms with Gasteiger partial charge in [-0.05, 0) is 12.8 Å². The Morgan fingerprint density at radius 3 is 2.50 bits per heavy atom. The Balaban J connectivity index is 2.16. The van der Waals surface area contributed by atoms with E-state index >= 15 is 0 Å². The van der Waals surface area contributed by atoms with Crippen molar-refractivity contribution in [3.05, 3.63) is 35.9 Å². The quantitative estimate of drug-likeness (QED) is 0.723. The average molecular weight is 189 g/mol. The van der Waals surface area contributed by atoms with E-state index in [-0.39, 0.29) is 17.7 Å². The lowest BCUT2D eigenvalue weighted by Crippen LogP contribution is -2.30. The van der Waals surface area contributed by atoms with Crippen molar-refractivity contribution in [1.82, 2.24) is 0 Å². The first kappa shape index (κ1) is 9.41. The number of carbonyl (C=O) groups excluding carboxylic acids is 1. The zero-order valence-electron chi connectivity index (χ0n) is 8.15. The van der Waals surface area contributed by atoms with E-state index in [1.165, 1.54) is 0 Å². The molecule has 1 aromatic rings. The lowest BCUT2D eigenvalue weighted by molar-refractivity contribution is 0.0913. The Bertz CT molecular complexity index is 320. The number of hydrogen-bond acceptors (Lipinski definition) is 2. The molecule has 0 amide bonds. The Kier molecular flexibility index (Phi) is 2.64. The number of hydrogen-bond donors (Lipinski definition) is 1. The highest BCUT2D eigenvalue weighted by atomic mass is 16.1. The number of benzene rings is 1. The van der Waals surface area contributed by atoms with E-state index in [0.29, 0.717) is 0 Å². The van der Waals surface area contributed by atoms with E-state index in [2.05, 4.69) is 0 Å². The van der Waals surface area contributed by atoms with Gasteiger partial charge in [0.15, 0.2) is 5.78 Å². The van der Waals surface area contributed by atoms with Crippen LogP contribution in [0.1, 0.15) is 29.6 Å². The molecule has 2 rings (SSSR count). The van der Waals surface area contributed by atoms with Crippen molar-refractivity contribution in [1.29, 1.82) is 0 Å². The summed E-state index contributed by atoms with van der Waals surface area (Å²) in [5.41, 5.74) is 6.70. The van der Waals surface area contributed by atoms with Gasteiger partial charge in [-0.2, -0.15) is 0 Å². The first-order valence-electron chi connectivity index (χ1n) is 5.14. The number of nitrogens with two attached hydrogens (primary N) is 1. The van der Waals surface area contributed by atoms with Crippen LogP contribution in [0, 0.1) is 5.92 Å². The van der Waals surface area contributed by atoms with Crippen molar-refractivity contribution in [3.63, 3.8) is 0 Å². The van der Waals surface area contributed by atoms with Crippen molar-refractivity contribution in [2.45, 2.75) is 25.3 Å². The summed E-state index contributed by atoms with van der Waals surface area (Å²) in [6, 6.07) is 9.52. The van der Waals surface area contributed by atoms with Gasteiger partial charge >= 0.3 is 0 Å². The van der Waals surface area contributed by atoms with Crippen molar-refractivity contribution in [2.24, 2.45) is 11.7 Å². The summed E-state index contributed by atoms with van der Waals surface area (Å²) < 4.78 is 0. The van der Waals surface area contributed by atoms with Crippen molar-refractivity contribution >= 4 is 5.78 Å². The average Bonchev–Trinajstić information content (AvgIpc) is 2.65. The molecule has 1 fully saturated rings. The Morgan fingerprint density at radius 1 is 1.21 bits per heavy atom. The van der Waals surface area contributed by atoms with E-state index in [9.17, 15) is 4.79 Å². The molecule has 1 aliphatic carbocycles. The third-order valence-corrected chi connectivity index (χ3v) is 2.96. The fourth-order valence-electron chi connectivity index (χ4n) is 2.13. The van der Waals surface area contributed by atoms with Gasteiger partial charge in [-0.25, -0.2) is 0 Å². The molecule has 0 saturated heterocycles. The van der Waals surface area contributed by atoms with Crippen LogP contribution >= 0.6 is 0 Å². The normalized spacial score (nSPS) is 26.4. The van der Waals surface area contributed by atoms with E-state index in [1.54, 1.807) is 0 Å². The van der Waals surface area contributed by atoms with Crippen molar-refractivity contribution < 1.29 is 4.79 Å². The molecular weight excluding hydrogens is 174 g/mol. The lowest BCUT2D eigenvalue weighted by Gasteiger charge is -2.13. The fraction of sp³-hybridized carbons (Fsp3) is 0.417. The van der Waals surface area contributed by atoms with Crippen LogP contribution in [0.5, 0.6) is 0 Å². The molecule has 0 heterocycles. The van der Waals surface area contributed by atoms with Gasteiger partial charge in [-0.15, -0.1) is 0 Å². The van der Waals surface area contributed by atoms with Gasteiger partial charge in [-0.3, -0.25) is 4.79 Å². The SMILES string of the molecule is NC1CCCC1C(=O)c1ccccc1. The predicted molar refractivity (Wildman–Crippen MR) is 56.1 cm³/mol. The number of rotatable bonds is 2. The summed E-state index contributed by atoms with van der Waals surface area (Å²) in [6.45, 7) is 0. The zero-order valence-corrected chi connectivity index (χ0v) is 8.15. The second-order valence-electron chi connectivity index (χ2n) is 3.93. The molecule has 0 spiro atoms. The highest BCUT2D eigenvalue weighted by Crippen LogP contribution is 2.27. The van der Waals surface area contributed by atoms with E-state index < -0.39 is 0 Å². The number of ketones is 1. The van der Waals surface area contributed by atoms with Crippen LogP contribution in [0.4, 0.5) is 0 Å². The van der Waals surface area contributed by atoms with Crippen molar-refractivity contribution in [3.8, 4) is 0 Å². The van der Waals surface area contributed by atoms with Crippen LogP contribution in [0.25, 0.3) is 0 Å². The second kappa shape index (κ2) is 3.93. The number of carbonyl (C=O) groups is 1. The van der Waals surface area contributed by atoms with Crippen LogP contribution in [-0.4, -0.2) is 11.8 Å². The highest BCUT2D eigenvalue weighted by Gasteiger charge is 2.30. The minimum Gasteiger partial charge on any atom is -0.327 e. The summed E-state index contributed by atoms with van der Waals surface area (Å²) in [7, 11) is 0. The summed E-state index contributed by atoms with van der Waals surface area (Å²) >= 11 is 0. The van der Waals surface area contributed by atoms with Crippen LogP contribution in [0.2, 0.25) is 0 Å². The van der Waals surface area contributed by atoms with Gasteiger partial charge in [0.25, 0.3) is 0 Å². The maximum absolute atomic E-state index is 12.0. The summed E-state index contributed by atoms with van der Waals surface area (Å²) in [5.74, 6) is 0.271. The zero-order chi connectivity index (χ0) is 9.97. The standard InChI is InChI=1S/C12H15NO/c13-11-8-4-7-10(11)12(14)9-5-2-1-3-6-9/h1-3,5-6,10-11H,4,7-8,13H2. The Morgan fingerprint density at radius 2 is 1.93 bits per heavy atom.